The molecule has 0 radical (unpaired) electrons. The number of hydrogen-bond donors (Lipinski definition) is 2. The predicted molar refractivity (Wildman–Crippen MR) is 80.0 cm³/mol. The molecule has 0 heterocycles. The molecule has 0 spiro atoms. The zero-order valence-corrected chi connectivity index (χ0v) is 12.6. The molecular formula is C14H19NO5S. The van der Waals surface area contributed by atoms with E-state index in [1.165, 1.54) is 0 Å². The van der Waals surface area contributed by atoms with Crippen LogP contribution < -0.4 is 5.32 Å². The third-order valence-corrected chi connectivity index (χ3v) is 4.44. The maximum absolute atomic E-state index is 11.7. The molecule has 0 aliphatic rings. The number of carbonyl (C=O) groups is 2. The zero-order valence-electron chi connectivity index (χ0n) is 11.8. The average molecular weight is 313 g/mol. The standard InChI is InChI=1S/C14H19NO5S/c1-2-8-21(19,20)10-13(16)15-12-5-3-4-11(9-12)6-7-14(17)18/h3-5,9H,2,6-8,10H2,1H3,(H,15,16)(H,17,18). The molecule has 1 aromatic rings. The van der Waals surface area contributed by atoms with Crippen LogP contribution in [0.4, 0.5) is 5.69 Å². The van der Waals surface area contributed by atoms with E-state index in [4.69, 9.17) is 5.11 Å². The molecule has 0 aromatic heterocycles. The highest BCUT2D eigenvalue weighted by Crippen LogP contribution is 2.12. The lowest BCUT2D eigenvalue weighted by Gasteiger charge is -2.07. The molecule has 0 aliphatic carbocycles. The number of aryl methyl sites for hydroxylation is 1. The van der Waals surface area contributed by atoms with E-state index in [1.54, 1.807) is 31.2 Å². The Labute approximate surface area is 124 Å². The molecule has 0 fully saturated rings. The maximum atomic E-state index is 11.7. The molecule has 0 aliphatic heterocycles. The lowest BCUT2D eigenvalue weighted by atomic mass is 10.1. The van der Waals surface area contributed by atoms with E-state index in [1.807, 2.05) is 0 Å². The van der Waals surface area contributed by atoms with Crippen molar-refractivity contribution in [2.45, 2.75) is 26.2 Å². The third-order valence-electron chi connectivity index (χ3n) is 2.70. The fraction of sp³-hybridized carbons (Fsp3) is 0.429. The number of aliphatic carboxylic acids is 1. The van der Waals surface area contributed by atoms with Gasteiger partial charge in [-0.15, -0.1) is 0 Å². The van der Waals surface area contributed by atoms with Crippen LogP contribution in [0, 0.1) is 0 Å². The normalized spacial score (nSPS) is 11.1. The quantitative estimate of drug-likeness (QED) is 0.757. The first kappa shape index (κ1) is 17.2. The summed E-state index contributed by atoms with van der Waals surface area (Å²) in [6, 6.07) is 6.72. The summed E-state index contributed by atoms with van der Waals surface area (Å²) in [5.74, 6) is -2.03. The van der Waals surface area contributed by atoms with Crippen molar-refractivity contribution in [2.24, 2.45) is 0 Å². The maximum Gasteiger partial charge on any atom is 0.303 e. The summed E-state index contributed by atoms with van der Waals surface area (Å²) in [4.78, 5) is 22.2. The molecule has 0 atom stereocenters. The van der Waals surface area contributed by atoms with Crippen LogP contribution in [-0.2, 0) is 25.8 Å². The van der Waals surface area contributed by atoms with Gasteiger partial charge in [0.1, 0.15) is 5.75 Å². The molecule has 0 saturated heterocycles. The molecule has 1 rings (SSSR count). The van der Waals surface area contributed by atoms with Gasteiger partial charge in [0, 0.05) is 12.1 Å². The highest BCUT2D eigenvalue weighted by Gasteiger charge is 2.15. The number of sulfone groups is 1. The van der Waals surface area contributed by atoms with Crippen LogP contribution in [0.15, 0.2) is 24.3 Å². The number of anilines is 1. The highest BCUT2D eigenvalue weighted by atomic mass is 32.2. The van der Waals surface area contributed by atoms with Gasteiger partial charge < -0.3 is 10.4 Å². The van der Waals surface area contributed by atoms with Gasteiger partial charge in [-0.2, -0.15) is 0 Å². The van der Waals surface area contributed by atoms with Gasteiger partial charge in [0.25, 0.3) is 0 Å². The Hall–Kier alpha value is -1.89. The van der Waals surface area contributed by atoms with E-state index in [2.05, 4.69) is 5.32 Å². The van der Waals surface area contributed by atoms with E-state index in [-0.39, 0.29) is 12.2 Å². The molecular weight excluding hydrogens is 294 g/mol. The van der Waals surface area contributed by atoms with E-state index in [9.17, 15) is 18.0 Å². The molecule has 0 unspecified atom stereocenters. The van der Waals surface area contributed by atoms with Crippen molar-refractivity contribution >= 4 is 27.4 Å². The number of nitrogens with one attached hydrogen (secondary N) is 1. The Kier molecular flexibility index (Phi) is 6.36. The van der Waals surface area contributed by atoms with Crippen LogP contribution in [-0.4, -0.2) is 36.9 Å². The molecule has 21 heavy (non-hydrogen) atoms. The van der Waals surface area contributed by atoms with Gasteiger partial charge in [-0.1, -0.05) is 19.1 Å². The third kappa shape index (κ3) is 6.89. The first-order valence-corrected chi connectivity index (χ1v) is 8.45. The van der Waals surface area contributed by atoms with E-state index in [0.29, 0.717) is 18.5 Å². The number of carbonyl (C=O) groups excluding carboxylic acids is 1. The second-order valence-electron chi connectivity index (χ2n) is 4.73. The van der Waals surface area contributed by atoms with Crippen LogP contribution in [0.25, 0.3) is 0 Å². The fourth-order valence-electron chi connectivity index (χ4n) is 1.84. The first-order chi connectivity index (χ1) is 9.82. The van der Waals surface area contributed by atoms with Crippen molar-refractivity contribution < 1.29 is 23.1 Å². The minimum Gasteiger partial charge on any atom is -0.481 e. The van der Waals surface area contributed by atoms with Gasteiger partial charge >= 0.3 is 5.97 Å². The number of hydrogen-bond acceptors (Lipinski definition) is 4. The Morgan fingerprint density at radius 2 is 2.00 bits per heavy atom. The molecule has 2 N–H and O–H groups in total. The summed E-state index contributed by atoms with van der Waals surface area (Å²) in [5, 5.41) is 11.2. The van der Waals surface area contributed by atoms with Crippen molar-refractivity contribution in [2.75, 3.05) is 16.8 Å². The van der Waals surface area contributed by atoms with Crippen molar-refractivity contribution in [1.82, 2.24) is 0 Å². The summed E-state index contributed by atoms with van der Waals surface area (Å²) >= 11 is 0. The number of amides is 1. The lowest BCUT2D eigenvalue weighted by Crippen LogP contribution is -2.24. The summed E-state index contributed by atoms with van der Waals surface area (Å²) in [6.07, 6.45) is 0.829. The van der Waals surface area contributed by atoms with Gasteiger partial charge in [-0.3, -0.25) is 9.59 Å². The summed E-state index contributed by atoms with van der Waals surface area (Å²) in [7, 11) is -3.37. The van der Waals surface area contributed by atoms with Crippen molar-refractivity contribution in [3.63, 3.8) is 0 Å². The summed E-state index contributed by atoms with van der Waals surface area (Å²) < 4.78 is 23.1. The topological polar surface area (TPSA) is 101 Å². The summed E-state index contributed by atoms with van der Waals surface area (Å²) in [5.41, 5.74) is 1.24. The smallest absolute Gasteiger partial charge is 0.303 e. The second-order valence-corrected chi connectivity index (χ2v) is 6.92. The van der Waals surface area contributed by atoms with E-state index >= 15 is 0 Å². The number of rotatable bonds is 8. The molecule has 116 valence electrons. The van der Waals surface area contributed by atoms with Gasteiger partial charge in [0.05, 0.1) is 5.75 Å². The van der Waals surface area contributed by atoms with Crippen LogP contribution in [0.1, 0.15) is 25.3 Å². The van der Waals surface area contributed by atoms with Gasteiger partial charge in [-0.25, -0.2) is 8.42 Å². The van der Waals surface area contributed by atoms with Crippen LogP contribution in [0.2, 0.25) is 0 Å². The molecule has 0 saturated carbocycles. The van der Waals surface area contributed by atoms with Gasteiger partial charge in [-0.05, 0) is 30.5 Å². The van der Waals surface area contributed by atoms with Crippen molar-refractivity contribution in [3.8, 4) is 0 Å². The zero-order chi connectivity index (χ0) is 15.9. The summed E-state index contributed by atoms with van der Waals surface area (Å²) in [6.45, 7) is 1.74. The minimum atomic E-state index is -3.37. The van der Waals surface area contributed by atoms with Crippen LogP contribution >= 0.6 is 0 Å². The molecule has 0 bridgehead atoms. The molecule has 1 amide bonds. The van der Waals surface area contributed by atoms with Gasteiger partial charge in [0.2, 0.25) is 5.91 Å². The number of benzene rings is 1. The largest absolute Gasteiger partial charge is 0.481 e. The Morgan fingerprint density at radius 1 is 1.29 bits per heavy atom. The second kappa shape index (κ2) is 7.78. The van der Waals surface area contributed by atoms with Crippen LogP contribution in [0.5, 0.6) is 0 Å². The molecule has 6 nitrogen and oxygen atoms in total. The lowest BCUT2D eigenvalue weighted by molar-refractivity contribution is -0.137. The Morgan fingerprint density at radius 3 is 2.62 bits per heavy atom. The van der Waals surface area contributed by atoms with Gasteiger partial charge in [0.15, 0.2) is 9.84 Å². The highest BCUT2D eigenvalue weighted by molar-refractivity contribution is 7.92. The number of carboxylic acid groups (broad SMARTS) is 1. The van der Waals surface area contributed by atoms with E-state index < -0.39 is 27.5 Å². The molecule has 1 aromatic carbocycles. The average Bonchev–Trinajstić information content (AvgIpc) is 2.35. The Balaban J connectivity index is 2.64. The monoisotopic (exact) mass is 313 g/mol. The first-order valence-electron chi connectivity index (χ1n) is 6.63. The van der Waals surface area contributed by atoms with Crippen molar-refractivity contribution in [1.29, 1.82) is 0 Å². The molecule has 7 heteroatoms. The minimum absolute atomic E-state index is 0.00226. The predicted octanol–water partition coefficient (Wildman–Crippen LogP) is 1.47. The van der Waals surface area contributed by atoms with Crippen molar-refractivity contribution in [3.05, 3.63) is 29.8 Å². The van der Waals surface area contributed by atoms with E-state index in [0.717, 1.165) is 5.56 Å². The SMILES string of the molecule is CCCS(=O)(=O)CC(=O)Nc1cccc(CCC(=O)O)c1. The number of carboxylic acids is 1. The fourth-order valence-corrected chi connectivity index (χ4v) is 3.07. The van der Waals surface area contributed by atoms with Crippen LogP contribution in [0.3, 0.4) is 0 Å². The Bertz CT molecular complexity index is 610.